The van der Waals surface area contributed by atoms with Gasteiger partial charge in [-0.25, -0.2) is 8.42 Å². The zero-order chi connectivity index (χ0) is 29.4. The minimum absolute atomic E-state index is 0.0617. The molecule has 2 amide bonds. The highest BCUT2D eigenvalue weighted by atomic mass is 35.5. The summed E-state index contributed by atoms with van der Waals surface area (Å²) in [7, 11) is -2.53. The third-order valence-electron chi connectivity index (χ3n) is 7.58. The summed E-state index contributed by atoms with van der Waals surface area (Å²) in [5, 5.41) is 3.76. The molecule has 1 aliphatic carbocycles. The number of nitrogens with zero attached hydrogens (tertiary/aromatic N) is 2. The van der Waals surface area contributed by atoms with Gasteiger partial charge in [-0.3, -0.25) is 9.59 Å². The first-order valence-electron chi connectivity index (χ1n) is 14.0. The SMILES string of the molecule is Cc1ccc(S(=O)(=O)N(C)CC(=O)N(Cc2ccc(Cl)cc2)[C@H](Cc2ccccc2)C(=O)NC2CCCCC2)cc1. The van der Waals surface area contributed by atoms with Gasteiger partial charge in [0.2, 0.25) is 21.8 Å². The number of nitrogens with one attached hydrogen (secondary N) is 1. The van der Waals surface area contributed by atoms with E-state index in [0.29, 0.717) is 11.4 Å². The molecule has 41 heavy (non-hydrogen) atoms. The normalized spacial score (nSPS) is 14.9. The zero-order valence-corrected chi connectivity index (χ0v) is 25.2. The summed E-state index contributed by atoms with van der Waals surface area (Å²) in [6, 6.07) is 22.4. The third-order valence-corrected chi connectivity index (χ3v) is 9.65. The minimum atomic E-state index is -3.92. The number of hydrogen-bond donors (Lipinski definition) is 1. The Hall–Kier alpha value is -3.20. The van der Waals surface area contributed by atoms with E-state index < -0.39 is 28.5 Å². The Kier molecular flexibility index (Phi) is 10.6. The molecule has 0 heterocycles. The van der Waals surface area contributed by atoms with E-state index in [1.807, 2.05) is 49.4 Å². The smallest absolute Gasteiger partial charge is 0.243 e. The van der Waals surface area contributed by atoms with Crippen molar-refractivity contribution >= 4 is 33.4 Å². The maximum Gasteiger partial charge on any atom is 0.243 e. The van der Waals surface area contributed by atoms with Crippen molar-refractivity contribution in [3.63, 3.8) is 0 Å². The number of amides is 2. The quantitative estimate of drug-likeness (QED) is 0.323. The summed E-state index contributed by atoms with van der Waals surface area (Å²) in [4.78, 5) is 29.5. The number of carbonyl (C=O) groups excluding carboxylic acids is 2. The molecular weight excluding hydrogens is 558 g/mol. The van der Waals surface area contributed by atoms with Gasteiger partial charge in [-0.2, -0.15) is 4.31 Å². The largest absolute Gasteiger partial charge is 0.352 e. The first-order chi connectivity index (χ1) is 19.6. The molecule has 9 heteroatoms. The summed E-state index contributed by atoms with van der Waals surface area (Å²) in [6.07, 6.45) is 5.39. The van der Waals surface area contributed by atoms with Gasteiger partial charge >= 0.3 is 0 Å². The van der Waals surface area contributed by atoms with Crippen molar-refractivity contribution < 1.29 is 18.0 Å². The van der Waals surface area contributed by atoms with E-state index in [4.69, 9.17) is 11.6 Å². The van der Waals surface area contributed by atoms with Crippen LogP contribution in [0, 0.1) is 6.92 Å². The lowest BCUT2D eigenvalue weighted by atomic mass is 9.94. The second kappa shape index (κ2) is 14.1. The van der Waals surface area contributed by atoms with Gasteiger partial charge < -0.3 is 10.2 Å². The second-order valence-corrected chi connectivity index (χ2v) is 13.3. The highest BCUT2D eigenvalue weighted by Gasteiger charge is 2.34. The average molecular weight is 596 g/mol. The average Bonchev–Trinajstić information content (AvgIpc) is 2.97. The van der Waals surface area contributed by atoms with Crippen LogP contribution in [0.15, 0.2) is 83.8 Å². The molecule has 0 spiro atoms. The molecule has 0 saturated heterocycles. The molecule has 3 aromatic rings. The summed E-state index contributed by atoms with van der Waals surface area (Å²) in [5.41, 5.74) is 2.63. The predicted octanol–water partition coefficient (Wildman–Crippen LogP) is 5.36. The number of hydrogen-bond acceptors (Lipinski definition) is 4. The molecule has 7 nitrogen and oxygen atoms in total. The number of carbonyl (C=O) groups is 2. The summed E-state index contributed by atoms with van der Waals surface area (Å²) < 4.78 is 27.7. The number of halogens is 1. The van der Waals surface area contributed by atoms with Crippen molar-refractivity contribution in [3.05, 3.63) is 101 Å². The van der Waals surface area contributed by atoms with E-state index in [9.17, 15) is 18.0 Å². The highest BCUT2D eigenvalue weighted by molar-refractivity contribution is 7.89. The van der Waals surface area contributed by atoms with Crippen LogP contribution in [-0.2, 0) is 32.6 Å². The molecule has 0 aromatic heterocycles. The molecule has 0 bridgehead atoms. The molecule has 0 unspecified atom stereocenters. The summed E-state index contributed by atoms with van der Waals surface area (Å²) in [5.74, 6) is -0.690. The molecule has 1 atom stereocenters. The Labute approximate surface area is 248 Å². The van der Waals surface area contributed by atoms with Crippen molar-refractivity contribution in [2.45, 2.75) is 69.0 Å². The lowest BCUT2D eigenvalue weighted by molar-refractivity contribution is -0.141. The van der Waals surface area contributed by atoms with Crippen LogP contribution in [0.2, 0.25) is 5.02 Å². The van der Waals surface area contributed by atoms with Gasteiger partial charge in [-0.1, -0.05) is 91.0 Å². The Balaban J connectivity index is 1.65. The van der Waals surface area contributed by atoms with E-state index in [0.717, 1.165) is 53.1 Å². The van der Waals surface area contributed by atoms with Crippen LogP contribution in [0.5, 0.6) is 0 Å². The maximum atomic E-state index is 14.0. The monoisotopic (exact) mass is 595 g/mol. The fraction of sp³-hybridized carbons (Fsp3) is 0.375. The third kappa shape index (κ3) is 8.41. The second-order valence-electron chi connectivity index (χ2n) is 10.8. The lowest BCUT2D eigenvalue weighted by Gasteiger charge is -2.34. The molecule has 1 fully saturated rings. The van der Waals surface area contributed by atoms with Crippen molar-refractivity contribution in [3.8, 4) is 0 Å². The molecule has 1 N–H and O–H groups in total. The maximum absolute atomic E-state index is 14.0. The summed E-state index contributed by atoms with van der Waals surface area (Å²) >= 11 is 6.11. The number of sulfonamides is 1. The van der Waals surface area contributed by atoms with E-state index in [1.54, 1.807) is 24.3 Å². The van der Waals surface area contributed by atoms with Gasteiger partial charge in [-0.15, -0.1) is 0 Å². The Morgan fingerprint density at radius 1 is 0.902 bits per heavy atom. The van der Waals surface area contributed by atoms with Crippen LogP contribution in [0.3, 0.4) is 0 Å². The van der Waals surface area contributed by atoms with E-state index in [-0.39, 0.29) is 23.4 Å². The number of benzene rings is 3. The lowest BCUT2D eigenvalue weighted by Crippen LogP contribution is -2.54. The van der Waals surface area contributed by atoms with E-state index >= 15 is 0 Å². The van der Waals surface area contributed by atoms with E-state index in [1.165, 1.54) is 24.1 Å². The van der Waals surface area contributed by atoms with Gasteiger partial charge in [0.05, 0.1) is 11.4 Å². The molecule has 4 rings (SSSR count). The fourth-order valence-corrected chi connectivity index (χ4v) is 6.39. The van der Waals surface area contributed by atoms with Gasteiger partial charge in [0.25, 0.3) is 0 Å². The molecule has 3 aromatic carbocycles. The van der Waals surface area contributed by atoms with Crippen molar-refractivity contribution in [1.29, 1.82) is 0 Å². The summed E-state index contributed by atoms with van der Waals surface area (Å²) in [6.45, 7) is 1.60. The predicted molar refractivity (Wildman–Crippen MR) is 162 cm³/mol. The molecular formula is C32H38ClN3O4S. The van der Waals surface area contributed by atoms with Crippen LogP contribution in [0.4, 0.5) is 0 Å². The van der Waals surface area contributed by atoms with Crippen molar-refractivity contribution in [2.24, 2.45) is 0 Å². The van der Waals surface area contributed by atoms with Crippen LogP contribution >= 0.6 is 11.6 Å². The molecule has 0 aliphatic heterocycles. The van der Waals surface area contributed by atoms with E-state index in [2.05, 4.69) is 5.32 Å². The Morgan fingerprint density at radius 3 is 2.17 bits per heavy atom. The molecule has 0 radical (unpaired) electrons. The first-order valence-corrected chi connectivity index (χ1v) is 15.9. The zero-order valence-electron chi connectivity index (χ0n) is 23.6. The number of rotatable bonds is 11. The van der Waals surface area contributed by atoms with Crippen LogP contribution in [0.25, 0.3) is 0 Å². The minimum Gasteiger partial charge on any atom is -0.352 e. The van der Waals surface area contributed by atoms with Gasteiger partial charge in [0.15, 0.2) is 0 Å². The number of likely N-dealkylation sites (N-methyl/N-ethyl adjacent to an activating group) is 1. The molecule has 218 valence electrons. The fourth-order valence-electron chi connectivity index (χ4n) is 5.14. The topological polar surface area (TPSA) is 86.8 Å². The Morgan fingerprint density at radius 2 is 1.54 bits per heavy atom. The molecule has 1 aliphatic rings. The highest BCUT2D eigenvalue weighted by Crippen LogP contribution is 2.21. The standard InChI is InChI=1S/C32H38ClN3O4S/c1-24-13-19-29(20-14-24)41(39,40)35(2)23-31(37)36(22-26-15-17-27(33)18-16-26)30(21-25-9-5-3-6-10-25)32(38)34-28-11-7-4-8-12-28/h3,5-6,9-10,13-20,28,30H,4,7-8,11-12,21-23H2,1-2H3,(H,34,38)/t30-/m1/s1. The van der Waals surface area contributed by atoms with Gasteiger partial charge in [0, 0.05) is 31.1 Å². The van der Waals surface area contributed by atoms with Gasteiger partial charge in [-0.05, 0) is 55.2 Å². The Bertz CT molecular complexity index is 1410. The first kappa shape index (κ1) is 30.8. The van der Waals surface area contributed by atoms with Crippen LogP contribution < -0.4 is 5.32 Å². The van der Waals surface area contributed by atoms with Gasteiger partial charge in [0.1, 0.15) is 6.04 Å². The molecule has 1 saturated carbocycles. The number of aryl methyl sites for hydroxylation is 1. The van der Waals surface area contributed by atoms with Crippen molar-refractivity contribution in [1.82, 2.24) is 14.5 Å². The van der Waals surface area contributed by atoms with Crippen LogP contribution in [0.1, 0.15) is 48.8 Å². The van der Waals surface area contributed by atoms with Crippen LogP contribution in [-0.4, -0.2) is 55.1 Å². The van der Waals surface area contributed by atoms with Crippen molar-refractivity contribution in [2.75, 3.05) is 13.6 Å².